The van der Waals surface area contributed by atoms with Gasteiger partial charge in [-0.05, 0) is 41.8 Å². The van der Waals surface area contributed by atoms with Crippen LogP contribution in [0.2, 0.25) is 10.0 Å². The van der Waals surface area contributed by atoms with E-state index in [0.717, 1.165) is 15.6 Å². The molecule has 0 heterocycles. The Morgan fingerprint density at radius 2 is 1.72 bits per heavy atom. The molecule has 0 spiro atoms. The van der Waals surface area contributed by atoms with E-state index in [9.17, 15) is 0 Å². The Morgan fingerprint density at radius 3 is 2.33 bits per heavy atom. The van der Waals surface area contributed by atoms with Crippen molar-refractivity contribution in [1.29, 1.82) is 0 Å². The molecule has 0 aliphatic heterocycles. The Bertz CT molecular complexity index is 533. The van der Waals surface area contributed by atoms with Crippen molar-refractivity contribution in [3.8, 4) is 0 Å². The molecule has 1 unspecified atom stereocenters. The van der Waals surface area contributed by atoms with Gasteiger partial charge in [-0.15, -0.1) is 0 Å². The minimum Gasteiger partial charge on any atom is -0.320 e. The van der Waals surface area contributed by atoms with Crippen LogP contribution in [-0.2, 0) is 0 Å². The van der Waals surface area contributed by atoms with Gasteiger partial charge in [-0.1, -0.05) is 57.3 Å². The standard InChI is InChI=1S/C14H12BrCl2N/c1-8-2-4-10(12(15)6-8)14(18)11-5-3-9(16)7-13(11)17/h2-7,14H,18H2,1H3. The first kappa shape index (κ1) is 13.9. The third kappa shape index (κ3) is 2.89. The second-order valence-corrected chi connectivity index (χ2v) is 5.87. The molecule has 2 N–H and O–H groups in total. The molecule has 0 saturated heterocycles. The van der Waals surface area contributed by atoms with Gasteiger partial charge in [-0.3, -0.25) is 0 Å². The molecule has 0 saturated carbocycles. The van der Waals surface area contributed by atoms with Gasteiger partial charge in [0.1, 0.15) is 0 Å². The normalized spacial score (nSPS) is 12.5. The van der Waals surface area contributed by atoms with Crippen molar-refractivity contribution < 1.29 is 0 Å². The van der Waals surface area contributed by atoms with Crippen LogP contribution in [0.25, 0.3) is 0 Å². The maximum atomic E-state index is 6.26. The summed E-state index contributed by atoms with van der Waals surface area (Å²) in [6, 6.07) is 11.2. The maximum absolute atomic E-state index is 6.26. The van der Waals surface area contributed by atoms with E-state index in [1.807, 2.05) is 31.2 Å². The average molecular weight is 345 g/mol. The highest BCUT2D eigenvalue weighted by molar-refractivity contribution is 9.10. The van der Waals surface area contributed by atoms with Gasteiger partial charge in [-0.25, -0.2) is 0 Å². The number of hydrogen-bond donors (Lipinski definition) is 1. The molecule has 0 amide bonds. The van der Waals surface area contributed by atoms with Crippen LogP contribution in [0.3, 0.4) is 0 Å². The first-order valence-corrected chi connectivity index (χ1v) is 7.00. The Hall–Kier alpha value is -0.540. The fourth-order valence-electron chi connectivity index (χ4n) is 1.81. The van der Waals surface area contributed by atoms with Crippen molar-refractivity contribution in [2.45, 2.75) is 13.0 Å². The number of hydrogen-bond acceptors (Lipinski definition) is 1. The largest absolute Gasteiger partial charge is 0.320 e. The van der Waals surface area contributed by atoms with Crippen LogP contribution in [0, 0.1) is 6.92 Å². The molecule has 0 aliphatic carbocycles. The Labute approximate surface area is 125 Å². The van der Waals surface area contributed by atoms with E-state index in [-0.39, 0.29) is 6.04 Å². The summed E-state index contributed by atoms with van der Waals surface area (Å²) in [5.41, 5.74) is 9.31. The fourth-order valence-corrected chi connectivity index (χ4v) is 3.07. The summed E-state index contributed by atoms with van der Waals surface area (Å²) < 4.78 is 0.987. The number of rotatable bonds is 2. The average Bonchev–Trinajstić information content (AvgIpc) is 2.28. The molecule has 0 fully saturated rings. The van der Waals surface area contributed by atoms with Crippen molar-refractivity contribution in [2.75, 3.05) is 0 Å². The van der Waals surface area contributed by atoms with E-state index in [2.05, 4.69) is 15.9 Å². The van der Waals surface area contributed by atoms with Crippen LogP contribution in [0.1, 0.15) is 22.7 Å². The zero-order chi connectivity index (χ0) is 13.3. The highest BCUT2D eigenvalue weighted by Crippen LogP contribution is 2.32. The third-order valence-electron chi connectivity index (χ3n) is 2.79. The van der Waals surface area contributed by atoms with Crippen molar-refractivity contribution in [3.63, 3.8) is 0 Å². The van der Waals surface area contributed by atoms with Gasteiger partial charge >= 0.3 is 0 Å². The maximum Gasteiger partial charge on any atom is 0.0577 e. The predicted octanol–water partition coefficient (Wildman–Crippen LogP) is 5.11. The van der Waals surface area contributed by atoms with E-state index in [4.69, 9.17) is 28.9 Å². The van der Waals surface area contributed by atoms with E-state index in [1.165, 1.54) is 5.56 Å². The van der Waals surface area contributed by atoms with Gasteiger partial charge in [-0.2, -0.15) is 0 Å². The van der Waals surface area contributed by atoms with Gasteiger partial charge in [0.05, 0.1) is 6.04 Å². The summed E-state index contributed by atoms with van der Waals surface area (Å²) in [6.07, 6.45) is 0. The molecule has 94 valence electrons. The molecule has 1 atom stereocenters. The molecular weight excluding hydrogens is 333 g/mol. The summed E-state index contributed by atoms with van der Waals surface area (Å²) in [5, 5.41) is 1.20. The molecule has 4 heteroatoms. The monoisotopic (exact) mass is 343 g/mol. The van der Waals surface area contributed by atoms with Gasteiger partial charge in [0.15, 0.2) is 0 Å². The topological polar surface area (TPSA) is 26.0 Å². The fraction of sp³-hybridized carbons (Fsp3) is 0.143. The molecule has 1 nitrogen and oxygen atoms in total. The van der Waals surface area contributed by atoms with Gasteiger partial charge in [0, 0.05) is 14.5 Å². The minimum atomic E-state index is -0.273. The lowest BCUT2D eigenvalue weighted by molar-refractivity contribution is 0.865. The minimum absolute atomic E-state index is 0.273. The van der Waals surface area contributed by atoms with E-state index in [0.29, 0.717) is 10.0 Å². The first-order chi connectivity index (χ1) is 8.49. The van der Waals surface area contributed by atoms with Crippen LogP contribution in [-0.4, -0.2) is 0 Å². The number of benzene rings is 2. The van der Waals surface area contributed by atoms with Crippen molar-refractivity contribution in [3.05, 3.63) is 67.6 Å². The summed E-state index contributed by atoms with van der Waals surface area (Å²) in [6.45, 7) is 2.04. The Balaban J connectivity index is 2.44. The summed E-state index contributed by atoms with van der Waals surface area (Å²) in [4.78, 5) is 0. The van der Waals surface area contributed by atoms with E-state index >= 15 is 0 Å². The van der Waals surface area contributed by atoms with Crippen LogP contribution in [0.5, 0.6) is 0 Å². The van der Waals surface area contributed by atoms with Gasteiger partial charge in [0.25, 0.3) is 0 Å². The first-order valence-electron chi connectivity index (χ1n) is 5.45. The molecule has 0 aromatic heterocycles. The second kappa shape index (κ2) is 5.62. The quantitative estimate of drug-likeness (QED) is 0.804. The zero-order valence-corrected chi connectivity index (χ0v) is 12.9. The summed E-state index contributed by atoms with van der Waals surface area (Å²) in [5.74, 6) is 0. The molecule has 0 bridgehead atoms. The molecule has 2 aromatic rings. The lowest BCUT2D eigenvalue weighted by atomic mass is 9.99. The van der Waals surface area contributed by atoms with Crippen molar-refractivity contribution in [1.82, 2.24) is 0 Å². The molecular formula is C14H12BrCl2N. The highest BCUT2D eigenvalue weighted by Gasteiger charge is 2.15. The molecule has 2 rings (SSSR count). The molecule has 2 aromatic carbocycles. The lowest BCUT2D eigenvalue weighted by Gasteiger charge is -2.16. The molecule has 0 aliphatic rings. The van der Waals surface area contributed by atoms with Crippen LogP contribution in [0.15, 0.2) is 40.9 Å². The third-order valence-corrected chi connectivity index (χ3v) is 4.04. The van der Waals surface area contributed by atoms with Crippen molar-refractivity contribution in [2.24, 2.45) is 5.73 Å². The Morgan fingerprint density at radius 1 is 1.06 bits per heavy atom. The SMILES string of the molecule is Cc1ccc(C(N)c2ccc(Cl)cc2Cl)c(Br)c1. The highest BCUT2D eigenvalue weighted by atomic mass is 79.9. The lowest BCUT2D eigenvalue weighted by Crippen LogP contribution is -2.13. The molecule has 18 heavy (non-hydrogen) atoms. The van der Waals surface area contributed by atoms with Crippen LogP contribution in [0.4, 0.5) is 0 Å². The number of nitrogens with two attached hydrogens (primary N) is 1. The smallest absolute Gasteiger partial charge is 0.0577 e. The Kier molecular flexibility index (Phi) is 4.33. The number of halogens is 3. The number of aryl methyl sites for hydroxylation is 1. The van der Waals surface area contributed by atoms with Crippen molar-refractivity contribution >= 4 is 39.1 Å². The van der Waals surface area contributed by atoms with Crippen LogP contribution >= 0.6 is 39.1 Å². The second-order valence-electron chi connectivity index (χ2n) is 4.17. The summed E-state index contributed by atoms with van der Waals surface area (Å²) in [7, 11) is 0. The van der Waals surface area contributed by atoms with E-state index in [1.54, 1.807) is 12.1 Å². The molecule has 0 radical (unpaired) electrons. The van der Waals surface area contributed by atoms with E-state index < -0.39 is 0 Å². The summed E-state index contributed by atoms with van der Waals surface area (Å²) >= 11 is 15.6. The van der Waals surface area contributed by atoms with Gasteiger partial charge < -0.3 is 5.73 Å². The zero-order valence-electron chi connectivity index (χ0n) is 9.75. The van der Waals surface area contributed by atoms with Gasteiger partial charge in [0.2, 0.25) is 0 Å². The predicted molar refractivity (Wildman–Crippen MR) is 81.4 cm³/mol. The van der Waals surface area contributed by atoms with Crippen LogP contribution < -0.4 is 5.73 Å².